The zero-order valence-electron chi connectivity index (χ0n) is 9.92. The van der Waals surface area contributed by atoms with Crippen molar-refractivity contribution in [2.45, 2.75) is 40.7 Å². The maximum absolute atomic E-state index is 11.5. The van der Waals surface area contributed by atoms with Gasteiger partial charge in [0.25, 0.3) is 0 Å². The first kappa shape index (κ1) is 13.4. The molecule has 82 valence electrons. The van der Waals surface area contributed by atoms with Crippen molar-refractivity contribution in [3.05, 3.63) is 22.8 Å². The molecule has 0 aliphatic heterocycles. The summed E-state index contributed by atoms with van der Waals surface area (Å²) >= 11 is 0. The Balaban J connectivity index is 5.00. The number of ether oxygens (including phenoxy) is 1. The highest BCUT2D eigenvalue weighted by Gasteiger charge is 2.14. The minimum Gasteiger partial charge on any atom is -0.459 e. The van der Waals surface area contributed by atoms with Gasteiger partial charge < -0.3 is 4.74 Å². The topological polar surface area (TPSA) is 50.1 Å². The van der Waals surface area contributed by atoms with Crippen molar-refractivity contribution in [1.29, 1.82) is 5.26 Å². The van der Waals surface area contributed by atoms with Crippen LogP contribution in [0.5, 0.6) is 0 Å². The van der Waals surface area contributed by atoms with Gasteiger partial charge in [0.1, 0.15) is 11.6 Å². The molecule has 0 aromatic heterocycles. The summed E-state index contributed by atoms with van der Waals surface area (Å²) in [6.07, 6.45) is 1.58. The summed E-state index contributed by atoms with van der Waals surface area (Å²) in [4.78, 5) is 11.5. The quantitative estimate of drug-likeness (QED) is 0.309. The summed E-state index contributed by atoms with van der Waals surface area (Å²) < 4.78 is 4.96. The average molecular weight is 207 g/mol. The minimum atomic E-state index is -0.553. The molecule has 0 aromatic carbocycles. The lowest BCUT2D eigenvalue weighted by Crippen LogP contribution is -2.13. The first-order valence-electron chi connectivity index (χ1n) is 4.85. The third-order valence-corrected chi connectivity index (χ3v) is 1.56. The van der Waals surface area contributed by atoms with Gasteiger partial charge in [0.15, 0.2) is 0 Å². The van der Waals surface area contributed by atoms with Gasteiger partial charge in [-0.1, -0.05) is 11.6 Å². The fourth-order valence-electron chi connectivity index (χ4n) is 1.07. The molecule has 0 fully saturated rings. The minimum absolute atomic E-state index is 0.0740. The molecule has 0 heterocycles. The van der Waals surface area contributed by atoms with Crippen LogP contribution < -0.4 is 0 Å². The van der Waals surface area contributed by atoms with Crippen LogP contribution in [0.2, 0.25) is 0 Å². The molecule has 0 amide bonds. The van der Waals surface area contributed by atoms with Gasteiger partial charge in [0.05, 0.1) is 6.10 Å². The van der Waals surface area contributed by atoms with E-state index in [1.54, 1.807) is 26.8 Å². The number of nitrogens with zero attached hydrogens (tertiary/aromatic N) is 1. The molecule has 0 saturated heterocycles. The highest BCUT2D eigenvalue weighted by Crippen LogP contribution is 2.10. The summed E-state index contributed by atoms with van der Waals surface area (Å²) in [6, 6.07) is 1.87. The van der Waals surface area contributed by atoms with E-state index in [1.165, 1.54) is 0 Å². The predicted octanol–water partition coefficient (Wildman–Crippen LogP) is 2.74. The SMILES string of the molecule is CC(C)=C/C(C)=C(/C#N)C(=O)OC(C)C. The van der Waals surface area contributed by atoms with Gasteiger partial charge in [-0.25, -0.2) is 4.79 Å². The van der Waals surface area contributed by atoms with Crippen LogP contribution in [0.1, 0.15) is 34.6 Å². The molecule has 0 N–H and O–H groups in total. The van der Waals surface area contributed by atoms with Crippen LogP contribution in [0.15, 0.2) is 22.8 Å². The van der Waals surface area contributed by atoms with Gasteiger partial charge in [-0.05, 0) is 40.2 Å². The van der Waals surface area contributed by atoms with Crippen molar-refractivity contribution in [2.24, 2.45) is 0 Å². The average Bonchev–Trinajstić information content (AvgIpc) is 2.01. The van der Waals surface area contributed by atoms with Crippen molar-refractivity contribution in [3.8, 4) is 6.07 Å². The van der Waals surface area contributed by atoms with Crippen molar-refractivity contribution in [3.63, 3.8) is 0 Å². The largest absolute Gasteiger partial charge is 0.459 e. The maximum atomic E-state index is 11.5. The number of hydrogen-bond donors (Lipinski definition) is 0. The van der Waals surface area contributed by atoms with Crippen LogP contribution in [0, 0.1) is 11.3 Å². The van der Waals surface area contributed by atoms with Crippen LogP contribution in [0.3, 0.4) is 0 Å². The fourth-order valence-corrected chi connectivity index (χ4v) is 1.07. The second-order valence-corrected chi connectivity index (χ2v) is 3.85. The molecular weight excluding hydrogens is 190 g/mol. The van der Waals surface area contributed by atoms with E-state index in [1.807, 2.05) is 19.9 Å². The normalized spacial score (nSPS) is 11.5. The highest BCUT2D eigenvalue weighted by molar-refractivity contribution is 5.94. The van der Waals surface area contributed by atoms with E-state index in [4.69, 9.17) is 10.00 Å². The van der Waals surface area contributed by atoms with E-state index in [0.717, 1.165) is 5.57 Å². The zero-order valence-corrected chi connectivity index (χ0v) is 9.92. The molecule has 0 aliphatic rings. The third-order valence-electron chi connectivity index (χ3n) is 1.56. The van der Waals surface area contributed by atoms with Crippen LogP contribution >= 0.6 is 0 Å². The molecule has 3 nitrogen and oxygen atoms in total. The lowest BCUT2D eigenvalue weighted by molar-refractivity contribution is -0.142. The molecule has 0 rings (SSSR count). The maximum Gasteiger partial charge on any atom is 0.349 e. The van der Waals surface area contributed by atoms with E-state index >= 15 is 0 Å². The molecule has 0 spiro atoms. The van der Waals surface area contributed by atoms with Gasteiger partial charge in [-0.15, -0.1) is 0 Å². The van der Waals surface area contributed by atoms with E-state index < -0.39 is 5.97 Å². The first-order valence-corrected chi connectivity index (χ1v) is 4.85. The molecule has 0 aromatic rings. The molecule has 0 radical (unpaired) electrons. The number of carbonyl (C=O) groups is 1. The molecular formula is C12H17NO2. The first-order chi connectivity index (χ1) is 6.88. The Morgan fingerprint density at radius 2 is 1.87 bits per heavy atom. The number of carbonyl (C=O) groups excluding carboxylic acids is 1. The molecule has 0 unspecified atom stereocenters. The fraction of sp³-hybridized carbons (Fsp3) is 0.500. The second kappa shape index (κ2) is 6.02. The number of nitriles is 1. The third kappa shape index (κ3) is 5.02. The molecule has 0 bridgehead atoms. The van der Waals surface area contributed by atoms with Crippen LogP contribution in [0.25, 0.3) is 0 Å². The Hall–Kier alpha value is -1.56. The predicted molar refractivity (Wildman–Crippen MR) is 59.0 cm³/mol. The van der Waals surface area contributed by atoms with E-state index in [9.17, 15) is 4.79 Å². The molecule has 15 heavy (non-hydrogen) atoms. The van der Waals surface area contributed by atoms with Gasteiger partial charge >= 0.3 is 5.97 Å². The second-order valence-electron chi connectivity index (χ2n) is 3.85. The Labute approximate surface area is 91.0 Å². The lowest BCUT2D eigenvalue weighted by Gasteiger charge is -2.07. The van der Waals surface area contributed by atoms with Gasteiger partial charge in [0.2, 0.25) is 0 Å². The molecule has 0 saturated carbocycles. The van der Waals surface area contributed by atoms with E-state index in [0.29, 0.717) is 5.57 Å². The molecule has 0 atom stereocenters. The Kier molecular flexibility index (Phi) is 5.40. The van der Waals surface area contributed by atoms with Crippen LogP contribution in [-0.2, 0) is 9.53 Å². The summed E-state index contributed by atoms with van der Waals surface area (Å²) in [6.45, 7) is 9.05. The molecule has 3 heteroatoms. The van der Waals surface area contributed by atoms with Crippen molar-refractivity contribution in [1.82, 2.24) is 0 Å². The van der Waals surface area contributed by atoms with E-state index in [2.05, 4.69) is 0 Å². The van der Waals surface area contributed by atoms with Crippen LogP contribution in [0.4, 0.5) is 0 Å². The Bertz CT molecular complexity index is 339. The monoisotopic (exact) mass is 207 g/mol. The Morgan fingerprint density at radius 1 is 1.33 bits per heavy atom. The number of esters is 1. The standard InChI is InChI=1S/C12H17NO2/c1-8(2)6-10(5)11(7-13)12(14)15-9(3)4/h6,9H,1-5H3/b11-10-. The smallest absolute Gasteiger partial charge is 0.349 e. The van der Waals surface area contributed by atoms with Crippen LogP contribution in [-0.4, -0.2) is 12.1 Å². The molecule has 0 aliphatic carbocycles. The van der Waals surface area contributed by atoms with Crippen molar-refractivity contribution in [2.75, 3.05) is 0 Å². The lowest BCUT2D eigenvalue weighted by atomic mass is 10.1. The summed E-state index contributed by atoms with van der Waals surface area (Å²) in [7, 11) is 0. The van der Waals surface area contributed by atoms with Gasteiger partial charge in [0, 0.05) is 0 Å². The summed E-state index contributed by atoms with van der Waals surface area (Å²) in [5, 5.41) is 8.85. The van der Waals surface area contributed by atoms with Gasteiger partial charge in [-0.2, -0.15) is 5.26 Å². The zero-order chi connectivity index (χ0) is 12.0. The summed E-state index contributed by atoms with van der Waals surface area (Å²) in [5.41, 5.74) is 1.76. The van der Waals surface area contributed by atoms with Gasteiger partial charge in [-0.3, -0.25) is 0 Å². The van der Waals surface area contributed by atoms with Crippen molar-refractivity contribution < 1.29 is 9.53 Å². The highest BCUT2D eigenvalue weighted by atomic mass is 16.5. The van der Waals surface area contributed by atoms with Crippen molar-refractivity contribution >= 4 is 5.97 Å². The number of rotatable bonds is 3. The number of hydrogen-bond acceptors (Lipinski definition) is 3. The summed E-state index contributed by atoms with van der Waals surface area (Å²) in [5.74, 6) is -0.553. The Morgan fingerprint density at radius 3 is 2.20 bits per heavy atom. The number of allylic oxidation sites excluding steroid dienone is 3. The van der Waals surface area contributed by atoms with E-state index in [-0.39, 0.29) is 11.7 Å².